The number of imidazole rings is 1. The summed E-state index contributed by atoms with van der Waals surface area (Å²) >= 11 is 6.15. The Kier molecular flexibility index (Phi) is 7.90. The number of rotatable bonds is 10. The third-order valence-electron chi connectivity index (χ3n) is 5.37. The van der Waals surface area contributed by atoms with Crippen LogP contribution in [-0.4, -0.2) is 33.3 Å². The maximum atomic E-state index is 13.1. The fraction of sp³-hybridized carbons (Fsp3) is 0.231. The third-order valence-corrected chi connectivity index (χ3v) is 5.74. The Morgan fingerprint density at radius 1 is 1.09 bits per heavy atom. The van der Waals surface area contributed by atoms with E-state index in [4.69, 9.17) is 16.3 Å². The first-order valence-electron chi connectivity index (χ1n) is 10.9. The molecule has 0 aliphatic rings. The predicted octanol–water partition coefficient (Wildman–Crippen LogP) is 4.27. The molecule has 0 aliphatic carbocycles. The lowest BCUT2D eigenvalue weighted by atomic mass is 10.2. The highest BCUT2D eigenvalue weighted by atomic mass is 35.5. The summed E-state index contributed by atoms with van der Waals surface area (Å²) in [6, 6.07) is 20.9. The molecule has 0 aliphatic heterocycles. The number of fused-ring (bicyclic) bond motifs is 1. The highest BCUT2D eigenvalue weighted by molar-refractivity contribution is 6.31. The van der Waals surface area contributed by atoms with Crippen molar-refractivity contribution in [1.29, 1.82) is 0 Å². The van der Waals surface area contributed by atoms with Gasteiger partial charge in [0.15, 0.2) is 0 Å². The van der Waals surface area contributed by atoms with E-state index in [1.54, 1.807) is 18.2 Å². The number of ether oxygens (including phenoxy) is 1. The minimum absolute atomic E-state index is 0.0447. The number of aliphatic hydroxyl groups excluding tert-OH is 1. The van der Waals surface area contributed by atoms with Gasteiger partial charge in [0.1, 0.15) is 11.6 Å². The molecule has 4 rings (SSSR count). The maximum Gasteiger partial charge on any atom is 0.227 e. The monoisotopic (exact) mass is 481 g/mol. The molecule has 6 nitrogen and oxygen atoms in total. The quantitative estimate of drug-likeness (QED) is 0.355. The summed E-state index contributed by atoms with van der Waals surface area (Å²) in [5.74, 6) is 0.00602. The molecule has 176 valence electrons. The normalized spacial score (nSPS) is 12.1. The molecule has 4 aromatic rings. The number of carbonyl (C=O) groups is 1. The topological polar surface area (TPSA) is 76.4 Å². The molecule has 34 heavy (non-hydrogen) atoms. The van der Waals surface area contributed by atoms with Crippen LogP contribution in [0.4, 0.5) is 4.39 Å². The van der Waals surface area contributed by atoms with E-state index < -0.39 is 6.10 Å². The Labute approximate surface area is 202 Å². The molecular formula is C26H25ClFN3O3. The van der Waals surface area contributed by atoms with Crippen molar-refractivity contribution in [3.8, 4) is 0 Å². The molecule has 0 radical (unpaired) electrons. The van der Waals surface area contributed by atoms with Crippen LogP contribution in [0.15, 0.2) is 72.8 Å². The number of nitrogens with one attached hydrogen (secondary N) is 1. The second-order valence-corrected chi connectivity index (χ2v) is 8.37. The second kappa shape index (κ2) is 11.2. The summed E-state index contributed by atoms with van der Waals surface area (Å²) in [6.07, 6.45) is -0.760. The molecule has 1 atom stereocenters. The van der Waals surface area contributed by atoms with Crippen LogP contribution in [0, 0.1) is 5.82 Å². The van der Waals surface area contributed by atoms with Crippen molar-refractivity contribution in [1.82, 2.24) is 14.9 Å². The molecule has 1 aromatic heterocycles. The number of carbonyl (C=O) groups excluding carboxylic acids is 1. The summed E-state index contributed by atoms with van der Waals surface area (Å²) in [5, 5.41) is 14.1. The van der Waals surface area contributed by atoms with Crippen LogP contribution in [-0.2, 0) is 35.6 Å². The molecule has 8 heteroatoms. The first kappa shape index (κ1) is 23.9. The van der Waals surface area contributed by atoms with E-state index >= 15 is 0 Å². The van der Waals surface area contributed by atoms with E-state index in [-0.39, 0.29) is 37.8 Å². The van der Waals surface area contributed by atoms with Crippen LogP contribution in [0.2, 0.25) is 5.02 Å². The van der Waals surface area contributed by atoms with Crippen molar-refractivity contribution >= 4 is 28.5 Å². The first-order valence-corrected chi connectivity index (χ1v) is 11.3. The van der Waals surface area contributed by atoms with Gasteiger partial charge in [-0.25, -0.2) is 9.37 Å². The summed E-state index contributed by atoms with van der Waals surface area (Å²) < 4.78 is 20.6. The molecule has 0 saturated heterocycles. The Balaban J connectivity index is 1.39. The van der Waals surface area contributed by atoms with Crippen LogP contribution < -0.4 is 5.32 Å². The first-order chi connectivity index (χ1) is 16.5. The van der Waals surface area contributed by atoms with Crippen molar-refractivity contribution in [2.45, 2.75) is 32.2 Å². The Bertz CT molecular complexity index is 1260. The van der Waals surface area contributed by atoms with Gasteiger partial charge < -0.3 is 19.7 Å². The Morgan fingerprint density at radius 2 is 1.82 bits per heavy atom. The highest BCUT2D eigenvalue weighted by Gasteiger charge is 2.17. The van der Waals surface area contributed by atoms with Crippen LogP contribution >= 0.6 is 11.6 Å². The van der Waals surface area contributed by atoms with Crippen molar-refractivity contribution in [3.05, 3.63) is 101 Å². The molecule has 1 amide bonds. The molecule has 0 spiro atoms. The molecule has 1 unspecified atom stereocenters. The van der Waals surface area contributed by atoms with Gasteiger partial charge >= 0.3 is 0 Å². The molecule has 0 saturated carbocycles. The minimum atomic E-state index is -0.805. The average molecular weight is 482 g/mol. The van der Waals surface area contributed by atoms with E-state index in [2.05, 4.69) is 10.3 Å². The summed E-state index contributed by atoms with van der Waals surface area (Å²) in [6.45, 7) is 0.912. The third kappa shape index (κ3) is 6.20. The van der Waals surface area contributed by atoms with Gasteiger partial charge in [-0.1, -0.05) is 54.1 Å². The van der Waals surface area contributed by atoms with Crippen molar-refractivity contribution in [2.24, 2.45) is 0 Å². The zero-order chi connectivity index (χ0) is 23.9. The van der Waals surface area contributed by atoms with E-state index in [1.165, 1.54) is 12.1 Å². The standard InChI is InChI=1S/C26H25ClFN3O3/c27-22-6-2-1-5-19(22)16-34-17-21(32)15-31-24-8-4-3-7-23(24)30-25(31)13-26(33)29-14-18-9-11-20(28)12-10-18/h1-12,21,32H,13-17H2,(H,29,33). The Hall–Kier alpha value is -3.26. The second-order valence-electron chi connectivity index (χ2n) is 7.97. The fourth-order valence-corrected chi connectivity index (χ4v) is 3.85. The number of benzene rings is 3. The molecule has 0 bridgehead atoms. The molecule has 3 aromatic carbocycles. The molecule has 0 fully saturated rings. The number of para-hydroxylation sites is 2. The van der Waals surface area contributed by atoms with Gasteiger partial charge in [-0.3, -0.25) is 4.79 Å². The number of amides is 1. The van der Waals surface area contributed by atoms with Crippen molar-refractivity contribution < 1.29 is 19.0 Å². The average Bonchev–Trinajstić information content (AvgIpc) is 3.16. The van der Waals surface area contributed by atoms with E-state index in [0.29, 0.717) is 17.5 Å². The molecular weight excluding hydrogens is 457 g/mol. The fourth-order valence-electron chi connectivity index (χ4n) is 3.66. The SMILES string of the molecule is O=C(Cc1nc2ccccc2n1CC(O)COCc1ccccc1Cl)NCc1ccc(F)cc1. The lowest BCUT2D eigenvalue weighted by molar-refractivity contribution is -0.120. The van der Waals surface area contributed by atoms with Gasteiger partial charge in [-0.15, -0.1) is 0 Å². The lowest BCUT2D eigenvalue weighted by Crippen LogP contribution is -2.28. The van der Waals surface area contributed by atoms with Crippen LogP contribution in [0.5, 0.6) is 0 Å². The predicted molar refractivity (Wildman–Crippen MR) is 129 cm³/mol. The zero-order valence-electron chi connectivity index (χ0n) is 18.5. The zero-order valence-corrected chi connectivity index (χ0v) is 19.2. The number of aromatic nitrogens is 2. The summed E-state index contributed by atoms with van der Waals surface area (Å²) in [4.78, 5) is 17.2. The Morgan fingerprint density at radius 3 is 2.62 bits per heavy atom. The highest BCUT2D eigenvalue weighted by Crippen LogP contribution is 2.18. The van der Waals surface area contributed by atoms with Gasteiger partial charge in [0.05, 0.1) is 43.3 Å². The van der Waals surface area contributed by atoms with Gasteiger partial charge in [-0.2, -0.15) is 0 Å². The largest absolute Gasteiger partial charge is 0.389 e. The maximum absolute atomic E-state index is 13.1. The van der Waals surface area contributed by atoms with Gasteiger partial charge in [-0.05, 0) is 41.5 Å². The van der Waals surface area contributed by atoms with E-state index in [0.717, 1.165) is 22.2 Å². The molecule has 2 N–H and O–H groups in total. The van der Waals surface area contributed by atoms with E-state index in [9.17, 15) is 14.3 Å². The number of aliphatic hydroxyl groups is 1. The van der Waals surface area contributed by atoms with E-state index in [1.807, 2.05) is 47.0 Å². The number of hydrogen-bond acceptors (Lipinski definition) is 4. The number of nitrogens with zero attached hydrogens (tertiary/aromatic N) is 2. The molecule has 1 heterocycles. The van der Waals surface area contributed by atoms with Crippen LogP contribution in [0.25, 0.3) is 11.0 Å². The number of halogens is 2. The van der Waals surface area contributed by atoms with Crippen LogP contribution in [0.3, 0.4) is 0 Å². The van der Waals surface area contributed by atoms with Gasteiger partial charge in [0.2, 0.25) is 5.91 Å². The minimum Gasteiger partial charge on any atom is -0.389 e. The summed E-state index contributed by atoms with van der Waals surface area (Å²) in [7, 11) is 0. The van der Waals surface area contributed by atoms with Crippen LogP contribution in [0.1, 0.15) is 17.0 Å². The summed E-state index contributed by atoms with van der Waals surface area (Å²) in [5.41, 5.74) is 3.22. The van der Waals surface area contributed by atoms with Gasteiger partial charge in [0.25, 0.3) is 0 Å². The van der Waals surface area contributed by atoms with Gasteiger partial charge in [0, 0.05) is 11.6 Å². The van der Waals surface area contributed by atoms with Crippen molar-refractivity contribution in [3.63, 3.8) is 0 Å². The van der Waals surface area contributed by atoms with Crippen molar-refractivity contribution in [2.75, 3.05) is 6.61 Å². The number of hydrogen-bond donors (Lipinski definition) is 2. The smallest absolute Gasteiger partial charge is 0.227 e. The lowest BCUT2D eigenvalue weighted by Gasteiger charge is -2.15.